The predicted octanol–water partition coefficient (Wildman–Crippen LogP) is 3.52. The van der Waals surface area contributed by atoms with Gasteiger partial charge in [0.2, 0.25) is 0 Å². The van der Waals surface area contributed by atoms with Crippen LogP contribution in [0.15, 0.2) is 18.5 Å². The molecule has 0 bridgehead atoms. The van der Waals surface area contributed by atoms with Gasteiger partial charge in [0.1, 0.15) is 11.3 Å². The Kier molecular flexibility index (Phi) is 6.19. The van der Waals surface area contributed by atoms with Gasteiger partial charge in [-0.15, -0.1) is 0 Å². The Morgan fingerprint density at radius 1 is 1.44 bits per heavy atom. The third kappa shape index (κ3) is 4.73. The van der Waals surface area contributed by atoms with Gasteiger partial charge in [-0.3, -0.25) is 4.98 Å². The predicted molar refractivity (Wildman–Crippen MR) is 70.0 cm³/mol. The number of hydrogen-bond donors (Lipinski definition) is 1. The third-order valence-electron chi connectivity index (χ3n) is 2.80. The van der Waals surface area contributed by atoms with Crippen LogP contribution in [0, 0.1) is 0 Å². The molecule has 100 valence electrons. The standard InChI is InChI=1S/C14H21NO3/c1-3-4-5-6-7-11(2)18-13-8-9-15-10-12(13)14(16)17/h8-11H,3-7H2,1-2H3,(H,16,17). The minimum atomic E-state index is -1.00. The molecule has 1 N–H and O–H groups in total. The molecule has 4 nitrogen and oxygen atoms in total. The highest BCUT2D eigenvalue weighted by Gasteiger charge is 2.13. The summed E-state index contributed by atoms with van der Waals surface area (Å²) in [5, 5.41) is 9.00. The molecule has 0 amide bonds. The molecule has 1 aromatic rings. The van der Waals surface area contributed by atoms with Crippen molar-refractivity contribution in [1.29, 1.82) is 0 Å². The molecule has 1 aromatic heterocycles. The number of carboxylic acid groups (broad SMARTS) is 1. The first-order valence-electron chi connectivity index (χ1n) is 6.49. The lowest BCUT2D eigenvalue weighted by atomic mass is 10.1. The lowest BCUT2D eigenvalue weighted by Crippen LogP contribution is -2.14. The fourth-order valence-electron chi connectivity index (χ4n) is 1.78. The fraction of sp³-hybridized carbons (Fsp3) is 0.571. The Bertz CT molecular complexity index is 379. The highest BCUT2D eigenvalue weighted by molar-refractivity contribution is 5.90. The summed E-state index contributed by atoms with van der Waals surface area (Å²) >= 11 is 0. The molecule has 0 saturated heterocycles. The number of carboxylic acids is 1. The molecule has 0 aliphatic heterocycles. The Morgan fingerprint density at radius 3 is 2.89 bits per heavy atom. The zero-order chi connectivity index (χ0) is 13.4. The molecule has 0 fully saturated rings. The van der Waals surface area contributed by atoms with Gasteiger partial charge in [0.25, 0.3) is 0 Å². The van der Waals surface area contributed by atoms with Crippen molar-refractivity contribution in [3.05, 3.63) is 24.0 Å². The summed E-state index contributed by atoms with van der Waals surface area (Å²) in [6.45, 7) is 4.15. The largest absolute Gasteiger partial charge is 0.490 e. The summed E-state index contributed by atoms with van der Waals surface area (Å²) in [4.78, 5) is 14.8. The minimum Gasteiger partial charge on any atom is -0.490 e. The summed E-state index contributed by atoms with van der Waals surface area (Å²) in [7, 11) is 0. The molecular formula is C14H21NO3. The van der Waals surface area contributed by atoms with Crippen molar-refractivity contribution in [1.82, 2.24) is 4.98 Å². The average molecular weight is 251 g/mol. The van der Waals surface area contributed by atoms with Crippen molar-refractivity contribution in [3.63, 3.8) is 0 Å². The van der Waals surface area contributed by atoms with Crippen LogP contribution < -0.4 is 4.74 Å². The number of nitrogens with zero attached hydrogens (tertiary/aromatic N) is 1. The van der Waals surface area contributed by atoms with E-state index in [1.807, 2.05) is 6.92 Å². The van der Waals surface area contributed by atoms with E-state index in [0.717, 1.165) is 12.8 Å². The first-order chi connectivity index (χ1) is 8.65. The Morgan fingerprint density at radius 2 is 2.22 bits per heavy atom. The minimum absolute atomic E-state index is 0.0300. The molecule has 0 radical (unpaired) electrons. The number of ether oxygens (including phenoxy) is 1. The molecule has 0 saturated carbocycles. The lowest BCUT2D eigenvalue weighted by Gasteiger charge is -2.15. The second kappa shape index (κ2) is 7.69. The lowest BCUT2D eigenvalue weighted by molar-refractivity contribution is 0.0689. The molecule has 4 heteroatoms. The maximum absolute atomic E-state index is 11.0. The molecule has 18 heavy (non-hydrogen) atoms. The zero-order valence-electron chi connectivity index (χ0n) is 11.1. The van der Waals surface area contributed by atoms with Crippen molar-refractivity contribution in [2.75, 3.05) is 0 Å². The Labute approximate surface area is 108 Å². The van der Waals surface area contributed by atoms with Crippen LogP contribution in [0.3, 0.4) is 0 Å². The van der Waals surface area contributed by atoms with E-state index in [1.165, 1.54) is 25.5 Å². The van der Waals surface area contributed by atoms with Gasteiger partial charge in [0, 0.05) is 12.4 Å². The van der Waals surface area contributed by atoms with E-state index in [9.17, 15) is 4.79 Å². The molecule has 0 aliphatic rings. The third-order valence-corrected chi connectivity index (χ3v) is 2.80. The van der Waals surface area contributed by atoms with Crippen LogP contribution in [-0.2, 0) is 0 Å². The maximum atomic E-state index is 11.0. The van der Waals surface area contributed by atoms with Crippen LogP contribution in [0.4, 0.5) is 0 Å². The van der Waals surface area contributed by atoms with Crippen LogP contribution in [0.1, 0.15) is 56.3 Å². The van der Waals surface area contributed by atoms with Gasteiger partial charge in [-0.05, 0) is 25.8 Å². The highest BCUT2D eigenvalue weighted by atomic mass is 16.5. The van der Waals surface area contributed by atoms with E-state index in [2.05, 4.69) is 11.9 Å². The number of pyridine rings is 1. The number of unbranched alkanes of at least 4 members (excludes halogenated alkanes) is 3. The van der Waals surface area contributed by atoms with Gasteiger partial charge in [0.05, 0.1) is 6.10 Å². The molecule has 0 aromatic carbocycles. The summed E-state index contributed by atoms with van der Waals surface area (Å²) in [5.74, 6) is -0.600. The number of aromatic carboxylic acids is 1. The molecule has 1 rings (SSSR count). The quantitative estimate of drug-likeness (QED) is 0.718. The van der Waals surface area contributed by atoms with Gasteiger partial charge in [-0.1, -0.05) is 26.2 Å². The zero-order valence-corrected chi connectivity index (χ0v) is 11.1. The van der Waals surface area contributed by atoms with E-state index in [0.29, 0.717) is 5.75 Å². The number of rotatable bonds is 8. The smallest absolute Gasteiger partial charge is 0.341 e. The first-order valence-corrected chi connectivity index (χ1v) is 6.49. The first kappa shape index (κ1) is 14.5. The fourth-order valence-corrected chi connectivity index (χ4v) is 1.78. The topological polar surface area (TPSA) is 59.4 Å². The van der Waals surface area contributed by atoms with E-state index in [-0.39, 0.29) is 11.7 Å². The van der Waals surface area contributed by atoms with Crippen molar-refractivity contribution < 1.29 is 14.6 Å². The molecule has 1 atom stereocenters. The van der Waals surface area contributed by atoms with Crippen molar-refractivity contribution in [2.24, 2.45) is 0 Å². The molecule has 1 heterocycles. The number of hydrogen-bond acceptors (Lipinski definition) is 3. The van der Waals surface area contributed by atoms with E-state index in [1.54, 1.807) is 12.3 Å². The van der Waals surface area contributed by atoms with Gasteiger partial charge in [-0.25, -0.2) is 4.79 Å². The number of carbonyl (C=O) groups is 1. The van der Waals surface area contributed by atoms with Crippen molar-refractivity contribution in [2.45, 2.75) is 52.1 Å². The Balaban J connectivity index is 2.48. The van der Waals surface area contributed by atoms with Gasteiger partial charge in [-0.2, -0.15) is 0 Å². The van der Waals surface area contributed by atoms with E-state index >= 15 is 0 Å². The van der Waals surface area contributed by atoms with Crippen LogP contribution in [0.2, 0.25) is 0 Å². The van der Waals surface area contributed by atoms with Gasteiger partial charge < -0.3 is 9.84 Å². The molecule has 0 aliphatic carbocycles. The van der Waals surface area contributed by atoms with Crippen molar-refractivity contribution >= 4 is 5.97 Å². The summed E-state index contributed by atoms with van der Waals surface area (Å²) in [6, 6.07) is 1.60. The Hall–Kier alpha value is -1.58. The number of aromatic nitrogens is 1. The molecular weight excluding hydrogens is 230 g/mol. The van der Waals surface area contributed by atoms with Crippen LogP contribution in [0.25, 0.3) is 0 Å². The molecule has 0 spiro atoms. The van der Waals surface area contributed by atoms with Crippen LogP contribution in [-0.4, -0.2) is 22.2 Å². The van der Waals surface area contributed by atoms with E-state index in [4.69, 9.17) is 9.84 Å². The second-order valence-electron chi connectivity index (χ2n) is 4.45. The van der Waals surface area contributed by atoms with Crippen LogP contribution >= 0.6 is 0 Å². The van der Waals surface area contributed by atoms with Crippen LogP contribution in [0.5, 0.6) is 5.75 Å². The van der Waals surface area contributed by atoms with Crippen molar-refractivity contribution in [3.8, 4) is 5.75 Å². The SMILES string of the molecule is CCCCCCC(C)Oc1ccncc1C(=O)O. The summed E-state index contributed by atoms with van der Waals surface area (Å²) in [5.41, 5.74) is 0.123. The molecule has 1 unspecified atom stereocenters. The summed E-state index contributed by atoms with van der Waals surface area (Å²) in [6.07, 6.45) is 8.61. The summed E-state index contributed by atoms with van der Waals surface area (Å²) < 4.78 is 5.67. The highest BCUT2D eigenvalue weighted by Crippen LogP contribution is 2.19. The second-order valence-corrected chi connectivity index (χ2v) is 4.45. The monoisotopic (exact) mass is 251 g/mol. The van der Waals surface area contributed by atoms with Gasteiger partial charge in [0.15, 0.2) is 0 Å². The van der Waals surface area contributed by atoms with E-state index < -0.39 is 5.97 Å². The normalized spacial score (nSPS) is 12.1. The maximum Gasteiger partial charge on any atom is 0.341 e. The average Bonchev–Trinajstić information content (AvgIpc) is 2.35. The van der Waals surface area contributed by atoms with Gasteiger partial charge >= 0.3 is 5.97 Å².